The van der Waals surface area contributed by atoms with Crippen LogP contribution in [-0.2, 0) is 6.61 Å². The van der Waals surface area contributed by atoms with Gasteiger partial charge in [0.2, 0.25) is 5.88 Å². The molecule has 1 aliphatic carbocycles. The Kier molecular flexibility index (Phi) is 6.18. The number of fused-ring (bicyclic) bond motifs is 1. The minimum absolute atomic E-state index is 0.0913. The molecule has 0 radical (unpaired) electrons. The van der Waals surface area contributed by atoms with Crippen LogP contribution < -0.4 is 19.9 Å². The van der Waals surface area contributed by atoms with E-state index < -0.39 is 5.97 Å². The molecule has 2 aromatic carbocycles. The monoisotopic (exact) mass is 423 g/mol. The van der Waals surface area contributed by atoms with Gasteiger partial charge in [0.05, 0.1) is 23.6 Å². The zero-order valence-corrected chi connectivity index (χ0v) is 17.3. The van der Waals surface area contributed by atoms with Crippen molar-refractivity contribution in [1.82, 2.24) is 9.97 Å². The molecule has 0 saturated heterocycles. The molecule has 0 unspecified atom stereocenters. The van der Waals surface area contributed by atoms with Gasteiger partial charge in [-0.3, -0.25) is 0 Å². The van der Waals surface area contributed by atoms with Gasteiger partial charge in [-0.25, -0.2) is 14.8 Å². The number of hydrogen-bond acceptors (Lipinski definition) is 7. The van der Waals surface area contributed by atoms with Crippen molar-refractivity contribution in [2.45, 2.75) is 44.4 Å². The van der Waals surface area contributed by atoms with E-state index in [0.29, 0.717) is 22.9 Å². The van der Waals surface area contributed by atoms with Gasteiger partial charge < -0.3 is 25.1 Å². The number of carboxylic acids is 1. The Morgan fingerprint density at radius 1 is 1.10 bits per heavy atom. The molecule has 1 heterocycles. The van der Waals surface area contributed by atoms with E-state index in [9.17, 15) is 4.79 Å². The lowest BCUT2D eigenvalue weighted by Gasteiger charge is -2.26. The summed E-state index contributed by atoms with van der Waals surface area (Å²) in [5.74, 6) is 0.641. The van der Waals surface area contributed by atoms with Crippen LogP contribution in [0.3, 0.4) is 0 Å². The number of carboxylic acid groups (broad SMARTS) is 1. The second-order valence-electron chi connectivity index (χ2n) is 7.64. The highest BCUT2D eigenvalue weighted by Gasteiger charge is 2.22. The van der Waals surface area contributed by atoms with Crippen LogP contribution in [0.15, 0.2) is 42.7 Å². The van der Waals surface area contributed by atoms with E-state index >= 15 is 0 Å². The lowest BCUT2D eigenvalue weighted by Crippen LogP contribution is -2.31. The van der Waals surface area contributed by atoms with Crippen molar-refractivity contribution < 1.29 is 24.1 Å². The summed E-state index contributed by atoms with van der Waals surface area (Å²) >= 11 is 0. The van der Waals surface area contributed by atoms with Gasteiger partial charge in [-0.15, -0.1) is 0 Å². The van der Waals surface area contributed by atoms with Gasteiger partial charge >= 0.3 is 5.97 Å². The highest BCUT2D eigenvalue weighted by molar-refractivity contribution is 5.87. The quantitative estimate of drug-likeness (QED) is 0.592. The van der Waals surface area contributed by atoms with Crippen LogP contribution in [0.1, 0.15) is 41.6 Å². The summed E-state index contributed by atoms with van der Waals surface area (Å²) in [5.41, 5.74) is 7.75. The largest absolute Gasteiger partial charge is 0.493 e. The number of hydrogen-bond donors (Lipinski definition) is 2. The molecule has 0 aliphatic heterocycles. The molecule has 0 atom stereocenters. The molecule has 1 aliphatic rings. The molecule has 1 saturated carbocycles. The second kappa shape index (κ2) is 9.18. The third kappa shape index (κ3) is 4.86. The Bertz CT molecular complexity index is 1060. The molecular formula is C23H25N3O5. The number of aromatic carboxylic acids is 1. The van der Waals surface area contributed by atoms with Crippen molar-refractivity contribution in [2.75, 3.05) is 7.11 Å². The lowest BCUT2D eigenvalue weighted by atomic mass is 9.94. The van der Waals surface area contributed by atoms with Crippen LogP contribution in [0.25, 0.3) is 10.9 Å². The van der Waals surface area contributed by atoms with Gasteiger partial charge in [-0.05, 0) is 49.4 Å². The van der Waals surface area contributed by atoms with Crippen LogP contribution >= 0.6 is 0 Å². The van der Waals surface area contributed by atoms with Crippen LogP contribution in [0, 0.1) is 0 Å². The molecule has 8 nitrogen and oxygen atoms in total. The summed E-state index contributed by atoms with van der Waals surface area (Å²) in [6.45, 7) is 0.262. The standard InChI is InChI=1S/C23H25N3O5/c1-29-20-10-18-19(25-13-26-22(18)31-17-8-6-16(24)7-9-17)11-21(20)30-12-14-2-4-15(5-3-14)23(27)28/h2-5,10-11,13,16-17H,6-9,12,24H2,1H3,(H,27,28). The van der Waals surface area contributed by atoms with Crippen molar-refractivity contribution in [2.24, 2.45) is 5.73 Å². The molecule has 3 aromatic rings. The minimum Gasteiger partial charge on any atom is -0.493 e. The van der Waals surface area contributed by atoms with Gasteiger partial charge in [0.15, 0.2) is 11.5 Å². The fraction of sp³-hybridized carbons (Fsp3) is 0.348. The van der Waals surface area contributed by atoms with Gasteiger partial charge in [0, 0.05) is 12.1 Å². The highest BCUT2D eigenvalue weighted by atomic mass is 16.5. The van der Waals surface area contributed by atoms with Crippen molar-refractivity contribution in [3.8, 4) is 17.4 Å². The normalized spacial score (nSPS) is 18.5. The maximum atomic E-state index is 11.0. The van der Waals surface area contributed by atoms with E-state index in [1.807, 2.05) is 6.07 Å². The number of rotatable bonds is 7. The third-order valence-electron chi connectivity index (χ3n) is 5.48. The Balaban J connectivity index is 1.53. The zero-order chi connectivity index (χ0) is 21.8. The summed E-state index contributed by atoms with van der Waals surface area (Å²) in [5, 5.41) is 9.77. The Hall–Kier alpha value is -3.39. The summed E-state index contributed by atoms with van der Waals surface area (Å²) in [6, 6.07) is 10.4. The Morgan fingerprint density at radius 2 is 1.84 bits per heavy atom. The molecule has 31 heavy (non-hydrogen) atoms. The summed E-state index contributed by atoms with van der Waals surface area (Å²) in [7, 11) is 1.57. The SMILES string of the molecule is COc1cc2c(OC3CCC(N)CC3)ncnc2cc1OCc1ccc(C(=O)O)cc1. The summed E-state index contributed by atoms with van der Waals surface area (Å²) in [4.78, 5) is 19.7. The first-order valence-corrected chi connectivity index (χ1v) is 10.2. The average molecular weight is 423 g/mol. The predicted molar refractivity (Wildman–Crippen MR) is 115 cm³/mol. The average Bonchev–Trinajstić information content (AvgIpc) is 2.79. The van der Waals surface area contributed by atoms with Crippen LogP contribution in [0.2, 0.25) is 0 Å². The Morgan fingerprint density at radius 3 is 2.52 bits per heavy atom. The van der Waals surface area contributed by atoms with Gasteiger partial charge in [-0.2, -0.15) is 0 Å². The first-order chi connectivity index (χ1) is 15.0. The van der Waals surface area contributed by atoms with Crippen molar-refractivity contribution in [3.63, 3.8) is 0 Å². The molecule has 4 rings (SSSR count). The van der Waals surface area contributed by atoms with Crippen molar-refractivity contribution in [1.29, 1.82) is 0 Å². The fourth-order valence-corrected chi connectivity index (χ4v) is 3.68. The molecule has 0 amide bonds. The number of carbonyl (C=O) groups is 1. The molecule has 0 spiro atoms. The first-order valence-electron chi connectivity index (χ1n) is 10.2. The first kappa shape index (κ1) is 20.9. The number of nitrogens with two attached hydrogens (primary N) is 1. The van der Waals surface area contributed by atoms with Gasteiger partial charge in [0.1, 0.15) is 19.0 Å². The zero-order valence-electron chi connectivity index (χ0n) is 17.3. The molecular weight excluding hydrogens is 398 g/mol. The van der Waals surface area contributed by atoms with E-state index in [0.717, 1.165) is 36.6 Å². The fourth-order valence-electron chi connectivity index (χ4n) is 3.68. The van der Waals surface area contributed by atoms with E-state index in [1.165, 1.54) is 6.33 Å². The number of nitrogens with zero attached hydrogens (tertiary/aromatic N) is 2. The molecule has 0 bridgehead atoms. The second-order valence-corrected chi connectivity index (χ2v) is 7.64. The number of ether oxygens (including phenoxy) is 3. The maximum Gasteiger partial charge on any atom is 0.335 e. The summed E-state index contributed by atoms with van der Waals surface area (Å²) in [6.07, 6.45) is 5.28. The van der Waals surface area contributed by atoms with Crippen molar-refractivity contribution >= 4 is 16.9 Å². The third-order valence-corrected chi connectivity index (χ3v) is 5.48. The lowest BCUT2D eigenvalue weighted by molar-refractivity contribution is 0.0697. The van der Waals surface area contributed by atoms with Gasteiger partial charge in [0.25, 0.3) is 0 Å². The van der Waals surface area contributed by atoms with E-state index in [4.69, 9.17) is 25.1 Å². The predicted octanol–water partition coefficient (Wildman–Crippen LogP) is 3.56. The smallest absolute Gasteiger partial charge is 0.335 e. The molecule has 1 fully saturated rings. The molecule has 162 valence electrons. The molecule has 8 heteroatoms. The van der Waals surface area contributed by atoms with Crippen molar-refractivity contribution in [3.05, 3.63) is 53.9 Å². The maximum absolute atomic E-state index is 11.0. The van der Waals surface area contributed by atoms with Crippen LogP contribution in [0.4, 0.5) is 0 Å². The van der Waals surface area contributed by atoms with E-state index in [2.05, 4.69) is 9.97 Å². The topological polar surface area (TPSA) is 117 Å². The van der Waals surface area contributed by atoms with Gasteiger partial charge in [-0.1, -0.05) is 12.1 Å². The highest BCUT2D eigenvalue weighted by Crippen LogP contribution is 2.36. The number of aromatic nitrogens is 2. The van der Waals surface area contributed by atoms with E-state index in [1.54, 1.807) is 37.4 Å². The minimum atomic E-state index is -0.961. The van der Waals surface area contributed by atoms with Crippen LogP contribution in [-0.4, -0.2) is 40.3 Å². The molecule has 3 N–H and O–H groups in total. The Labute approximate surface area is 180 Å². The van der Waals surface area contributed by atoms with E-state index in [-0.39, 0.29) is 24.3 Å². The summed E-state index contributed by atoms with van der Waals surface area (Å²) < 4.78 is 17.6. The number of benzene rings is 2. The van der Waals surface area contributed by atoms with Crippen LogP contribution in [0.5, 0.6) is 17.4 Å². The number of methoxy groups -OCH3 is 1. The molecule has 1 aromatic heterocycles.